The first-order chi connectivity index (χ1) is 9.93. The first kappa shape index (κ1) is 17.2. The predicted molar refractivity (Wildman–Crippen MR) is 93.5 cm³/mol. The van der Waals surface area contributed by atoms with Crippen LogP contribution in [0.5, 0.6) is 5.75 Å². The number of rotatable bonds is 4. The topological polar surface area (TPSA) is 56.8 Å². The van der Waals surface area contributed by atoms with Crippen molar-refractivity contribution in [2.75, 3.05) is 18.1 Å². The van der Waals surface area contributed by atoms with Crippen LogP contribution in [0.4, 0.5) is 5.69 Å². The second-order valence-electron chi connectivity index (χ2n) is 6.69. The maximum atomic E-state index is 11.9. The second kappa shape index (κ2) is 5.47. The lowest BCUT2D eigenvalue weighted by Crippen LogP contribution is -2.41. The zero-order valence-corrected chi connectivity index (χ0v) is 14.9. The summed E-state index contributed by atoms with van der Waals surface area (Å²) >= 11 is 0. The maximum Gasteiger partial charge on any atom is 0.495 e. The zero-order valence-electron chi connectivity index (χ0n) is 14.1. The molecule has 1 saturated heterocycles. The molecule has 5 nitrogen and oxygen atoms in total. The van der Waals surface area contributed by atoms with Crippen LogP contribution in [0.15, 0.2) is 18.2 Å². The molecule has 0 bridgehead atoms. The van der Waals surface area contributed by atoms with E-state index in [1.54, 1.807) is 19.4 Å². The van der Waals surface area contributed by atoms with E-state index in [-0.39, 0.29) is 0 Å². The van der Waals surface area contributed by atoms with Crippen molar-refractivity contribution in [2.45, 2.75) is 38.9 Å². The van der Waals surface area contributed by atoms with Gasteiger partial charge < -0.3 is 18.8 Å². The fourth-order valence-corrected chi connectivity index (χ4v) is 2.78. The Morgan fingerprint density at radius 3 is 2.18 bits per heavy atom. The van der Waals surface area contributed by atoms with Gasteiger partial charge in [0.15, 0.2) is 0 Å². The van der Waals surface area contributed by atoms with Gasteiger partial charge in [-0.15, -0.1) is 0 Å². The Balaban J connectivity index is 2.38. The van der Waals surface area contributed by atoms with Crippen LogP contribution in [0.2, 0.25) is 0 Å². The molecule has 0 aromatic heterocycles. The minimum absolute atomic E-state index is 0.418. The highest BCUT2D eigenvalue weighted by Gasteiger charge is 2.51. The van der Waals surface area contributed by atoms with E-state index in [4.69, 9.17) is 14.0 Å². The number of nitrogens with one attached hydrogen (secondary N) is 1. The van der Waals surface area contributed by atoms with Crippen molar-refractivity contribution in [3.63, 3.8) is 0 Å². The smallest absolute Gasteiger partial charge is 0.495 e. The van der Waals surface area contributed by atoms with Crippen molar-refractivity contribution in [3.8, 4) is 5.75 Å². The predicted octanol–water partition coefficient (Wildman–Crippen LogP) is 1.67. The van der Waals surface area contributed by atoms with Crippen LogP contribution < -0.4 is 14.9 Å². The molecule has 1 aromatic carbocycles. The van der Waals surface area contributed by atoms with E-state index in [0.29, 0.717) is 11.4 Å². The van der Waals surface area contributed by atoms with E-state index in [0.717, 1.165) is 5.46 Å². The number of hydrogen-bond donors (Lipinski definition) is 1. The molecule has 1 aromatic rings. The minimum atomic E-state index is -2.38. The Bertz CT molecular complexity index is 654. The Morgan fingerprint density at radius 1 is 1.18 bits per heavy atom. The average molecular weight is 325 g/mol. The second-order valence-corrected chi connectivity index (χ2v) is 8.90. The number of methoxy groups -OCH3 is 1. The third-order valence-corrected chi connectivity index (χ3v) is 4.69. The van der Waals surface area contributed by atoms with Gasteiger partial charge in [0.1, 0.15) is 5.75 Å². The monoisotopic (exact) mass is 325 g/mol. The molecule has 0 aliphatic carbocycles. The molecule has 2 rings (SSSR count). The third kappa shape index (κ3) is 3.59. The zero-order chi connectivity index (χ0) is 16.8. The van der Waals surface area contributed by atoms with Crippen molar-refractivity contribution in [3.05, 3.63) is 18.2 Å². The summed E-state index contributed by atoms with van der Waals surface area (Å²) in [7, 11) is -1.29. The van der Waals surface area contributed by atoms with Crippen LogP contribution in [0, 0.1) is 0 Å². The fraction of sp³-hybridized carbons (Fsp3) is 0.533. The molecule has 1 aliphatic heterocycles. The molecule has 1 N–H and O–H groups in total. The molecular formula is C15H24BNO4S. The van der Waals surface area contributed by atoms with Crippen LogP contribution in [0.3, 0.4) is 0 Å². The molecule has 7 heteroatoms. The molecule has 0 radical (unpaired) electrons. The Labute approximate surface area is 133 Å². The van der Waals surface area contributed by atoms with Gasteiger partial charge in [-0.1, -0.05) is 0 Å². The van der Waals surface area contributed by atoms with E-state index in [9.17, 15) is 4.21 Å². The van der Waals surface area contributed by atoms with E-state index in [1.807, 2.05) is 39.8 Å². The summed E-state index contributed by atoms with van der Waals surface area (Å²) in [4.78, 5) is 0. The van der Waals surface area contributed by atoms with Gasteiger partial charge in [-0.3, -0.25) is 0 Å². The number of anilines is 1. The molecule has 1 unspecified atom stereocenters. The highest BCUT2D eigenvalue weighted by atomic mass is 32.2. The SMILES string of the molecule is C=S(C)(=O)Nc1cc(OC)cc(B2OC(C)(C)C(C)(C)O2)c1. The summed E-state index contributed by atoms with van der Waals surface area (Å²) in [5, 5.41) is 0. The molecular weight excluding hydrogens is 301 g/mol. The highest BCUT2D eigenvalue weighted by molar-refractivity contribution is 8.00. The number of ether oxygens (including phenoxy) is 1. The maximum absolute atomic E-state index is 11.9. The summed E-state index contributed by atoms with van der Waals surface area (Å²) in [6.07, 6.45) is 1.54. The van der Waals surface area contributed by atoms with Crippen molar-refractivity contribution < 1.29 is 18.3 Å². The van der Waals surface area contributed by atoms with Gasteiger partial charge in [0, 0.05) is 27.7 Å². The average Bonchev–Trinajstić information content (AvgIpc) is 2.56. The van der Waals surface area contributed by atoms with E-state index < -0.39 is 28.0 Å². The van der Waals surface area contributed by atoms with Crippen LogP contribution in [-0.2, 0) is 19.0 Å². The molecule has 0 amide bonds. The molecule has 1 atom stereocenters. The van der Waals surface area contributed by atoms with Gasteiger partial charge in [0.2, 0.25) is 0 Å². The van der Waals surface area contributed by atoms with Crippen LogP contribution >= 0.6 is 0 Å². The first-order valence-corrected chi connectivity index (χ1v) is 9.22. The van der Waals surface area contributed by atoms with Crippen LogP contribution in [0.1, 0.15) is 27.7 Å². The van der Waals surface area contributed by atoms with Gasteiger partial charge in [0.05, 0.1) is 18.3 Å². The van der Waals surface area contributed by atoms with Crippen molar-refractivity contribution in [2.24, 2.45) is 0 Å². The highest BCUT2D eigenvalue weighted by Crippen LogP contribution is 2.36. The fourth-order valence-electron chi connectivity index (χ4n) is 2.16. The standard InChI is InChI=1S/C15H24BNO4S/c1-14(2)15(3,4)21-16(20-14)11-8-12(17-22(6,7)18)10-13(9-11)19-5/h8-10H,6H2,1-5,7H3,(H,17,18). The summed E-state index contributed by atoms with van der Waals surface area (Å²) in [5.41, 5.74) is 0.633. The molecule has 122 valence electrons. The third-order valence-electron chi connectivity index (χ3n) is 4.02. The van der Waals surface area contributed by atoms with E-state index >= 15 is 0 Å². The lowest BCUT2D eigenvalue weighted by Gasteiger charge is -2.32. The molecule has 1 heterocycles. The summed E-state index contributed by atoms with van der Waals surface area (Å²) in [6, 6.07) is 5.47. The lowest BCUT2D eigenvalue weighted by atomic mass is 9.79. The largest absolute Gasteiger partial charge is 0.497 e. The summed E-state index contributed by atoms with van der Waals surface area (Å²) in [5.74, 6) is 4.25. The van der Waals surface area contributed by atoms with E-state index in [2.05, 4.69) is 10.6 Å². The van der Waals surface area contributed by atoms with Gasteiger partial charge in [-0.05, 0) is 51.2 Å². The van der Waals surface area contributed by atoms with Crippen molar-refractivity contribution in [1.29, 1.82) is 0 Å². The first-order valence-electron chi connectivity index (χ1n) is 7.08. The van der Waals surface area contributed by atoms with Gasteiger partial charge in [-0.2, -0.15) is 0 Å². The molecule has 22 heavy (non-hydrogen) atoms. The summed E-state index contributed by atoms with van der Waals surface area (Å²) in [6.45, 7) is 8.00. The quantitative estimate of drug-likeness (QED) is 0.676. The Kier molecular flexibility index (Phi) is 4.28. The Morgan fingerprint density at radius 2 is 1.73 bits per heavy atom. The van der Waals surface area contributed by atoms with Crippen LogP contribution in [-0.4, -0.2) is 41.8 Å². The molecule has 1 aliphatic rings. The van der Waals surface area contributed by atoms with Crippen molar-refractivity contribution in [1.82, 2.24) is 0 Å². The Hall–Kier alpha value is -1.18. The molecule has 1 fully saturated rings. The minimum Gasteiger partial charge on any atom is -0.497 e. The van der Waals surface area contributed by atoms with Gasteiger partial charge >= 0.3 is 7.12 Å². The number of benzene rings is 1. The number of hydrogen-bond acceptors (Lipinski definition) is 4. The van der Waals surface area contributed by atoms with Crippen LogP contribution in [0.25, 0.3) is 0 Å². The normalized spacial score (nSPS) is 22.2. The van der Waals surface area contributed by atoms with Gasteiger partial charge in [0.25, 0.3) is 0 Å². The molecule has 0 saturated carbocycles. The van der Waals surface area contributed by atoms with E-state index in [1.165, 1.54) is 0 Å². The molecule has 0 spiro atoms. The van der Waals surface area contributed by atoms with Crippen molar-refractivity contribution >= 4 is 33.8 Å². The van der Waals surface area contributed by atoms with Gasteiger partial charge in [-0.25, -0.2) is 4.21 Å². The lowest BCUT2D eigenvalue weighted by molar-refractivity contribution is 0.00578. The summed E-state index contributed by atoms with van der Waals surface area (Å²) < 4.78 is 32.1.